The lowest BCUT2D eigenvalue weighted by molar-refractivity contribution is 0.381. The smallest absolute Gasteiger partial charge is 0.146 e. The van der Waals surface area contributed by atoms with E-state index in [1.165, 1.54) is 6.08 Å². The maximum absolute atomic E-state index is 12.7. The number of aromatic nitrogens is 1. The van der Waals surface area contributed by atoms with E-state index in [0.717, 1.165) is 33.1 Å². The maximum atomic E-state index is 12.7. The van der Waals surface area contributed by atoms with Gasteiger partial charge in [0.1, 0.15) is 28.7 Å². The van der Waals surface area contributed by atoms with Gasteiger partial charge >= 0.3 is 0 Å². The van der Waals surface area contributed by atoms with Crippen molar-refractivity contribution in [3.8, 4) is 5.75 Å². The van der Waals surface area contributed by atoms with E-state index < -0.39 is 5.83 Å². The van der Waals surface area contributed by atoms with Crippen molar-refractivity contribution >= 4 is 39.3 Å². The molecule has 2 aromatic rings. The summed E-state index contributed by atoms with van der Waals surface area (Å²) in [7, 11) is 0. The van der Waals surface area contributed by atoms with Gasteiger partial charge in [-0.2, -0.15) is 0 Å². The van der Waals surface area contributed by atoms with Crippen LogP contribution in [-0.4, -0.2) is 27.9 Å². The molecule has 1 aliphatic heterocycles. The molecule has 1 aromatic carbocycles. The van der Waals surface area contributed by atoms with E-state index in [9.17, 15) is 4.39 Å². The Bertz CT molecular complexity index is 1100. The van der Waals surface area contributed by atoms with Crippen LogP contribution in [0.3, 0.4) is 0 Å². The van der Waals surface area contributed by atoms with Crippen molar-refractivity contribution in [2.45, 2.75) is 25.8 Å². The van der Waals surface area contributed by atoms with Gasteiger partial charge in [0.15, 0.2) is 0 Å². The first-order chi connectivity index (χ1) is 14.8. The van der Waals surface area contributed by atoms with E-state index in [2.05, 4.69) is 30.4 Å². The maximum Gasteiger partial charge on any atom is 0.146 e. The van der Waals surface area contributed by atoms with Crippen molar-refractivity contribution in [3.05, 3.63) is 84.1 Å². The number of thioether (sulfide) groups is 1. The fourth-order valence-corrected chi connectivity index (χ4v) is 4.54. The van der Waals surface area contributed by atoms with Crippen LogP contribution in [0.25, 0.3) is 10.9 Å². The van der Waals surface area contributed by atoms with Crippen molar-refractivity contribution in [2.24, 2.45) is 4.99 Å². The monoisotopic (exact) mass is 457 g/mol. The Balaban J connectivity index is 1.59. The molecule has 0 fully saturated rings. The van der Waals surface area contributed by atoms with Gasteiger partial charge in [0.2, 0.25) is 0 Å². The molecule has 0 amide bonds. The third-order valence-electron chi connectivity index (χ3n) is 4.57. The van der Waals surface area contributed by atoms with E-state index >= 15 is 0 Å². The molecule has 1 unspecified atom stereocenters. The topological polar surface area (TPSA) is 46.5 Å². The van der Waals surface area contributed by atoms with Gasteiger partial charge in [0, 0.05) is 35.2 Å². The van der Waals surface area contributed by atoms with E-state index in [1.807, 2.05) is 31.2 Å². The number of nitrogens with zero attached hydrogens (tertiary/aromatic N) is 2. The van der Waals surface area contributed by atoms with E-state index in [1.54, 1.807) is 30.1 Å². The predicted octanol–water partition coefficient (Wildman–Crippen LogP) is 6.61. The van der Waals surface area contributed by atoms with Crippen molar-refractivity contribution in [1.82, 2.24) is 10.3 Å². The third-order valence-corrected chi connectivity index (χ3v) is 6.20. The fourth-order valence-electron chi connectivity index (χ4n) is 3.26. The Kier molecular flexibility index (Phi) is 7.57. The minimum atomic E-state index is -0.482. The Labute approximate surface area is 191 Å². The van der Waals surface area contributed by atoms with Crippen LogP contribution in [0.15, 0.2) is 84.1 Å². The number of hydrogen-bond donors (Lipinski definition) is 1. The molecule has 1 N–H and O–H groups in total. The number of nitrogens with one attached hydrogen (secondary N) is 1. The number of aliphatic imine (C=N–C) groups is 1. The van der Waals surface area contributed by atoms with Crippen LogP contribution in [0.2, 0.25) is 5.02 Å². The summed E-state index contributed by atoms with van der Waals surface area (Å²) in [5.74, 6) is 1.05. The summed E-state index contributed by atoms with van der Waals surface area (Å²) in [6, 6.07) is 7.44. The fraction of sp³-hybridized carbons (Fsp3) is 0.250. The van der Waals surface area contributed by atoms with Gasteiger partial charge in [-0.1, -0.05) is 30.8 Å². The molecule has 1 aliphatic rings. The Morgan fingerprint density at radius 2 is 2.19 bits per heavy atom. The van der Waals surface area contributed by atoms with E-state index in [-0.39, 0.29) is 5.54 Å². The second-order valence-corrected chi connectivity index (χ2v) is 9.04. The lowest BCUT2D eigenvalue weighted by atomic mass is 9.99. The summed E-state index contributed by atoms with van der Waals surface area (Å²) in [6.07, 6.45) is 7.09. The molecule has 1 aromatic heterocycles. The second kappa shape index (κ2) is 10.2. The standard InChI is InChI=1S/C24H25ClFN3OS/c1-16(26)7-5-8-17(2)28-18(3)13-24(4)15-31-22(29-24)14-30-21-11-10-20(25)19-9-6-12-27-23(19)21/h5-12,28H,1,3,13-15H2,2,4H3/b7-5-,17-8+. The van der Waals surface area contributed by atoms with Crippen molar-refractivity contribution in [2.75, 3.05) is 12.4 Å². The summed E-state index contributed by atoms with van der Waals surface area (Å²) in [4.78, 5) is 9.28. The molecule has 7 heteroatoms. The zero-order valence-electron chi connectivity index (χ0n) is 17.6. The summed E-state index contributed by atoms with van der Waals surface area (Å²) in [5, 5.41) is 5.69. The molecule has 0 spiro atoms. The average molecular weight is 458 g/mol. The summed E-state index contributed by atoms with van der Waals surface area (Å²) < 4.78 is 18.7. The molecule has 162 valence electrons. The zero-order valence-corrected chi connectivity index (χ0v) is 19.2. The van der Waals surface area contributed by atoms with Crippen molar-refractivity contribution in [1.29, 1.82) is 0 Å². The molecular formula is C24H25ClFN3OS. The van der Waals surface area contributed by atoms with Gasteiger partial charge in [0.25, 0.3) is 0 Å². The van der Waals surface area contributed by atoms with Crippen LogP contribution in [0.1, 0.15) is 20.3 Å². The van der Waals surface area contributed by atoms with Crippen molar-refractivity contribution in [3.63, 3.8) is 0 Å². The number of pyridine rings is 1. The highest BCUT2D eigenvalue weighted by molar-refractivity contribution is 8.14. The largest absolute Gasteiger partial charge is 0.484 e. The second-order valence-electron chi connectivity index (χ2n) is 7.59. The summed E-state index contributed by atoms with van der Waals surface area (Å²) in [6.45, 7) is 11.7. The molecule has 0 aliphatic carbocycles. The Morgan fingerprint density at radius 3 is 2.97 bits per heavy atom. The van der Waals surface area contributed by atoms with E-state index in [4.69, 9.17) is 21.3 Å². The van der Waals surface area contributed by atoms with Gasteiger partial charge in [-0.05, 0) is 50.3 Å². The summed E-state index contributed by atoms with van der Waals surface area (Å²) >= 11 is 7.94. The first-order valence-corrected chi connectivity index (χ1v) is 11.1. The molecule has 31 heavy (non-hydrogen) atoms. The number of benzene rings is 1. The number of fused-ring (bicyclic) bond motifs is 1. The summed E-state index contributed by atoms with van der Waals surface area (Å²) in [5.41, 5.74) is 2.19. The van der Waals surface area contributed by atoms with Crippen LogP contribution in [0, 0.1) is 0 Å². The molecule has 3 rings (SSSR count). The molecule has 2 heterocycles. The number of allylic oxidation sites excluding steroid dienone is 5. The average Bonchev–Trinajstić information content (AvgIpc) is 3.07. The molecular weight excluding hydrogens is 433 g/mol. The lowest BCUT2D eigenvalue weighted by Gasteiger charge is -2.22. The number of hydrogen-bond acceptors (Lipinski definition) is 5. The first-order valence-electron chi connectivity index (χ1n) is 9.77. The third kappa shape index (κ3) is 6.45. The quantitative estimate of drug-likeness (QED) is 0.430. The molecule has 0 radical (unpaired) electrons. The van der Waals surface area contributed by atoms with Crippen LogP contribution in [0.5, 0.6) is 5.75 Å². The van der Waals surface area contributed by atoms with Gasteiger partial charge in [-0.25, -0.2) is 4.39 Å². The van der Waals surface area contributed by atoms with Crippen molar-refractivity contribution < 1.29 is 9.13 Å². The number of ether oxygens (including phenoxy) is 1. The number of rotatable bonds is 9. The lowest BCUT2D eigenvalue weighted by Crippen LogP contribution is -2.26. The van der Waals surface area contributed by atoms with Gasteiger partial charge in [0.05, 0.1) is 10.6 Å². The van der Waals surface area contributed by atoms with Crippen LogP contribution in [-0.2, 0) is 0 Å². The number of halogens is 2. The first kappa shape index (κ1) is 23.1. The highest BCUT2D eigenvalue weighted by Crippen LogP contribution is 2.34. The Morgan fingerprint density at radius 1 is 1.39 bits per heavy atom. The minimum absolute atomic E-state index is 0.267. The Hall–Kier alpha value is -2.57. The zero-order chi connectivity index (χ0) is 22.4. The van der Waals surface area contributed by atoms with E-state index in [0.29, 0.717) is 23.8 Å². The highest BCUT2D eigenvalue weighted by atomic mass is 35.5. The van der Waals surface area contributed by atoms with Gasteiger partial charge in [-0.15, -0.1) is 11.8 Å². The molecule has 0 saturated carbocycles. The molecule has 0 saturated heterocycles. The molecule has 1 atom stereocenters. The van der Waals surface area contributed by atoms with Gasteiger partial charge < -0.3 is 10.1 Å². The normalized spacial score (nSPS) is 19.0. The highest BCUT2D eigenvalue weighted by Gasteiger charge is 2.31. The molecule has 4 nitrogen and oxygen atoms in total. The van der Waals surface area contributed by atoms with Crippen LogP contribution in [0.4, 0.5) is 4.39 Å². The SMILES string of the molecule is C=C(F)/C=C\C=C(/C)NC(=C)CC1(C)CSC(COc2ccc(Cl)c3cccnc23)=N1. The minimum Gasteiger partial charge on any atom is -0.484 e. The van der Waals surface area contributed by atoms with Gasteiger partial charge in [-0.3, -0.25) is 9.98 Å². The molecule has 0 bridgehead atoms. The van der Waals surface area contributed by atoms with Crippen LogP contribution < -0.4 is 10.1 Å². The predicted molar refractivity (Wildman–Crippen MR) is 131 cm³/mol. The van der Waals surface area contributed by atoms with Crippen LogP contribution >= 0.6 is 23.4 Å².